The number of ether oxygens (including phenoxy) is 2. The first-order chi connectivity index (χ1) is 8.26. The molecule has 5 heteroatoms. The van der Waals surface area contributed by atoms with Crippen LogP contribution in [0.25, 0.3) is 11.3 Å². The van der Waals surface area contributed by atoms with Gasteiger partial charge in [-0.15, -0.1) is 0 Å². The largest absolute Gasteiger partial charge is 0.493 e. The lowest BCUT2D eigenvalue weighted by molar-refractivity contribution is 0.355. The van der Waals surface area contributed by atoms with Gasteiger partial charge < -0.3 is 15.2 Å². The number of nitrogens with two attached hydrogens (primary N) is 1. The van der Waals surface area contributed by atoms with E-state index in [9.17, 15) is 0 Å². The van der Waals surface area contributed by atoms with Crippen molar-refractivity contribution in [3.05, 3.63) is 30.6 Å². The van der Waals surface area contributed by atoms with Crippen molar-refractivity contribution < 1.29 is 9.47 Å². The third-order valence-electron chi connectivity index (χ3n) is 2.38. The first kappa shape index (κ1) is 11.2. The number of nitrogens with zero attached hydrogens (tertiary/aromatic N) is 2. The molecule has 0 spiro atoms. The van der Waals surface area contributed by atoms with E-state index < -0.39 is 0 Å². The fourth-order valence-electron chi connectivity index (χ4n) is 1.55. The summed E-state index contributed by atoms with van der Waals surface area (Å²) < 4.78 is 10.4. The molecule has 1 aromatic carbocycles. The Hall–Kier alpha value is -2.30. The Balaban J connectivity index is 2.50. The van der Waals surface area contributed by atoms with Crippen molar-refractivity contribution in [2.75, 3.05) is 20.0 Å². The maximum Gasteiger partial charge on any atom is 0.161 e. The van der Waals surface area contributed by atoms with Crippen molar-refractivity contribution in [1.82, 2.24) is 9.97 Å². The van der Waals surface area contributed by atoms with Gasteiger partial charge in [-0.2, -0.15) is 0 Å². The van der Waals surface area contributed by atoms with Crippen LogP contribution in [-0.4, -0.2) is 24.2 Å². The molecule has 0 saturated carbocycles. The quantitative estimate of drug-likeness (QED) is 0.871. The van der Waals surface area contributed by atoms with E-state index in [0.717, 1.165) is 5.56 Å². The van der Waals surface area contributed by atoms with E-state index in [0.29, 0.717) is 23.0 Å². The summed E-state index contributed by atoms with van der Waals surface area (Å²) in [6.07, 6.45) is 3.15. The summed E-state index contributed by atoms with van der Waals surface area (Å²) in [4.78, 5) is 8.19. The van der Waals surface area contributed by atoms with Crippen molar-refractivity contribution in [3.63, 3.8) is 0 Å². The molecule has 1 heterocycles. The number of hydrogen-bond acceptors (Lipinski definition) is 5. The highest BCUT2D eigenvalue weighted by Crippen LogP contribution is 2.32. The molecule has 0 bridgehead atoms. The second-order valence-corrected chi connectivity index (χ2v) is 3.36. The molecule has 0 radical (unpaired) electrons. The fraction of sp³-hybridized carbons (Fsp3) is 0.167. The molecule has 17 heavy (non-hydrogen) atoms. The molecule has 0 aliphatic heterocycles. The average molecular weight is 231 g/mol. The van der Waals surface area contributed by atoms with E-state index in [1.54, 1.807) is 26.6 Å². The number of anilines is 1. The molecule has 2 N–H and O–H groups in total. The predicted octanol–water partition coefficient (Wildman–Crippen LogP) is 1.74. The van der Waals surface area contributed by atoms with Crippen molar-refractivity contribution in [2.24, 2.45) is 0 Å². The molecule has 88 valence electrons. The van der Waals surface area contributed by atoms with E-state index in [2.05, 4.69) is 9.97 Å². The summed E-state index contributed by atoms with van der Waals surface area (Å²) in [5.74, 6) is 1.69. The van der Waals surface area contributed by atoms with Gasteiger partial charge in [-0.3, -0.25) is 4.98 Å². The maximum atomic E-state index is 5.77. The summed E-state index contributed by atoms with van der Waals surface area (Å²) in [5, 5.41) is 0. The summed E-state index contributed by atoms with van der Waals surface area (Å²) in [6, 6.07) is 5.49. The Bertz CT molecular complexity index is 529. The molecule has 0 unspecified atom stereocenters. The minimum atomic E-state index is 0.389. The summed E-state index contributed by atoms with van der Waals surface area (Å²) in [5.41, 5.74) is 7.24. The van der Waals surface area contributed by atoms with E-state index in [-0.39, 0.29) is 0 Å². The zero-order valence-corrected chi connectivity index (χ0v) is 9.68. The molecule has 0 atom stereocenters. The van der Waals surface area contributed by atoms with Crippen LogP contribution in [0.5, 0.6) is 11.5 Å². The Morgan fingerprint density at radius 3 is 2.35 bits per heavy atom. The van der Waals surface area contributed by atoms with Crippen LogP contribution in [0.4, 0.5) is 5.82 Å². The van der Waals surface area contributed by atoms with Crippen LogP contribution in [0.2, 0.25) is 0 Å². The zero-order valence-electron chi connectivity index (χ0n) is 9.68. The second kappa shape index (κ2) is 4.69. The molecular weight excluding hydrogens is 218 g/mol. The lowest BCUT2D eigenvalue weighted by Crippen LogP contribution is -1.97. The first-order valence-electron chi connectivity index (χ1n) is 5.05. The molecule has 0 aliphatic rings. The van der Waals surface area contributed by atoms with Gasteiger partial charge in [0.05, 0.1) is 14.2 Å². The van der Waals surface area contributed by atoms with Gasteiger partial charge >= 0.3 is 0 Å². The van der Waals surface area contributed by atoms with Gasteiger partial charge in [-0.25, -0.2) is 4.98 Å². The van der Waals surface area contributed by atoms with Crippen LogP contribution in [0.1, 0.15) is 0 Å². The summed E-state index contributed by atoms with van der Waals surface area (Å²) >= 11 is 0. The highest BCUT2D eigenvalue weighted by Gasteiger charge is 2.09. The maximum absolute atomic E-state index is 5.77. The smallest absolute Gasteiger partial charge is 0.161 e. The van der Waals surface area contributed by atoms with Crippen LogP contribution in [0.15, 0.2) is 30.6 Å². The van der Waals surface area contributed by atoms with Crippen molar-refractivity contribution in [3.8, 4) is 22.8 Å². The van der Waals surface area contributed by atoms with Crippen molar-refractivity contribution in [2.45, 2.75) is 0 Å². The Morgan fingerprint density at radius 1 is 1.00 bits per heavy atom. The standard InChI is InChI=1S/C12H13N3O2/c1-16-9-4-3-8(7-10(9)17-2)11-12(13)15-6-5-14-11/h3-7H,1-2H3,(H2,13,15). The predicted molar refractivity (Wildman–Crippen MR) is 65.0 cm³/mol. The monoisotopic (exact) mass is 231 g/mol. The highest BCUT2D eigenvalue weighted by molar-refractivity contribution is 5.71. The van der Waals surface area contributed by atoms with Gasteiger partial charge in [0.25, 0.3) is 0 Å². The Morgan fingerprint density at radius 2 is 1.71 bits per heavy atom. The highest BCUT2D eigenvalue weighted by atomic mass is 16.5. The van der Waals surface area contributed by atoms with Crippen LogP contribution in [-0.2, 0) is 0 Å². The molecule has 5 nitrogen and oxygen atoms in total. The van der Waals surface area contributed by atoms with Gasteiger partial charge in [0.2, 0.25) is 0 Å². The second-order valence-electron chi connectivity index (χ2n) is 3.36. The summed E-state index contributed by atoms with van der Waals surface area (Å²) in [7, 11) is 3.18. The molecule has 2 rings (SSSR count). The minimum Gasteiger partial charge on any atom is -0.493 e. The van der Waals surface area contributed by atoms with Crippen molar-refractivity contribution in [1.29, 1.82) is 0 Å². The molecule has 0 saturated heterocycles. The number of rotatable bonds is 3. The molecule has 2 aromatic rings. The average Bonchev–Trinajstić information content (AvgIpc) is 2.38. The van der Waals surface area contributed by atoms with E-state index in [4.69, 9.17) is 15.2 Å². The van der Waals surface area contributed by atoms with E-state index in [1.165, 1.54) is 0 Å². The van der Waals surface area contributed by atoms with Gasteiger partial charge in [0.15, 0.2) is 11.5 Å². The molecular formula is C12H13N3O2. The van der Waals surface area contributed by atoms with Gasteiger partial charge in [-0.1, -0.05) is 0 Å². The number of methoxy groups -OCH3 is 2. The number of benzene rings is 1. The topological polar surface area (TPSA) is 70.3 Å². The van der Waals surface area contributed by atoms with E-state index >= 15 is 0 Å². The normalized spacial score (nSPS) is 10.0. The van der Waals surface area contributed by atoms with Crippen LogP contribution < -0.4 is 15.2 Å². The van der Waals surface area contributed by atoms with Gasteiger partial charge in [-0.05, 0) is 18.2 Å². The Labute approximate surface area is 99.2 Å². The SMILES string of the molecule is COc1ccc(-c2nccnc2N)cc1OC. The number of nitrogen functional groups attached to an aromatic ring is 1. The fourth-order valence-corrected chi connectivity index (χ4v) is 1.55. The Kier molecular flexibility index (Phi) is 3.09. The van der Waals surface area contributed by atoms with Crippen molar-refractivity contribution >= 4 is 5.82 Å². The summed E-state index contributed by atoms with van der Waals surface area (Å²) in [6.45, 7) is 0. The molecule has 1 aromatic heterocycles. The van der Waals surface area contributed by atoms with Gasteiger partial charge in [0.1, 0.15) is 11.5 Å². The third-order valence-corrected chi connectivity index (χ3v) is 2.38. The van der Waals surface area contributed by atoms with Gasteiger partial charge in [0, 0.05) is 18.0 Å². The first-order valence-corrected chi connectivity index (χ1v) is 5.05. The van der Waals surface area contributed by atoms with Crippen LogP contribution in [0, 0.1) is 0 Å². The number of hydrogen-bond donors (Lipinski definition) is 1. The lowest BCUT2D eigenvalue weighted by Gasteiger charge is -2.09. The zero-order chi connectivity index (χ0) is 12.3. The molecule has 0 aliphatic carbocycles. The lowest BCUT2D eigenvalue weighted by atomic mass is 10.1. The van der Waals surface area contributed by atoms with Crippen LogP contribution >= 0.6 is 0 Å². The molecule has 0 amide bonds. The third kappa shape index (κ3) is 2.13. The molecule has 0 fully saturated rings. The van der Waals surface area contributed by atoms with E-state index in [1.807, 2.05) is 18.2 Å². The minimum absolute atomic E-state index is 0.389. The number of aromatic nitrogens is 2. The van der Waals surface area contributed by atoms with Crippen LogP contribution in [0.3, 0.4) is 0 Å².